The summed E-state index contributed by atoms with van der Waals surface area (Å²) >= 11 is 1.47. The Morgan fingerprint density at radius 3 is 2.45 bits per heavy atom. The van der Waals surface area contributed by atoms with Crippen LogP contribution < -0.4 is 5.32 Å². The summed E-state index contributed by atoms with van der Waals surface area (Å²) in [4.78, 5) is 32.3. The lowest BCUT2D eigenvalue weighted by atomic mass is 10.0. The summed E-state index contributed by atoms with van der Waals surface area (Å²) in [5, 5.41) is 3.54. The van der Waals surface area contributed by atoms with Crippen LogP contribution in [0.15, 0.2) is 29.2 Å². The van der Waals surface area contributed by atoms with Crippen molar-refractivity contribution in [3.05, 3.63) is 45.8 Å². The van der Waals surface area contributed by atoms with E-state index in [-0.39, 0.29) is 16.7 Å². The van der Waals surface area contributed by atoms with Crippen LogP contribution in [0.3, 0.4) is 0 Å². The molecule has 1 aromatic carbocycles. The van der Waals surface area contributed by atoms with Crippen LogP contribution >= 0.6 is 11.3 Å². The highest BCUT2D eigenvalue weighted by Gasteiger charge is 2.32. The van der Waals surface area contributed by atoms with E-state index in [1.54, 1.807) is 11.9 Å². The normalized spacial score (nSPS) is 16.5. The molecule has 4 rings (SSSR count). The fraction of sp³-hybridized carbons (Fsp3) is 0.556. The van der Waals surface area contributed by atoms with Crippen molar-refractivity contribution in [2.75, 3.05) is 58.3 Å². The van der Waals surface area contributed by atoms with Crippen molar-refractivity contribution in [2.45, 2.75) is 51.0 Å². The molecule has 0 atom stereocenters. The number of fused-ring (bicyclic) bond motifs is 1. The van der Waals surface area contributed by atoms with Crippen molar-refractivity contribution in [3.63, 3.8) is 0 Å². The summed E-state index contributed by atoms with van der Waals surface area (Å²) in [6, 6.07) is 5.98. The number of carbonyl (C=O) groups is 2. The van der Waals surface area contributed by atoms with Gasteiger partial charge < -0.3 is 15.0 Å². The average Bonchev–Trinajstić information content (AvgIpc) is 3.28. The van der Waals surface area contributed by atoms with Gasteiger partial charge in [0.05, 0.1) is 23.7 Å². The van der Waals surface area contributed by atoms with Gasteiger partial charge in [0.15, 0.2) is 0 Å². The van der Waals surface area contributed by atoms with Crippen LogP contribution in [0, 0.1) is 0 Å². The Morgan fingerprint density at radius 2 is 1.79 bits per heavy atom. The summed E-state index contributed by atoms with van der Waals surface area (Å²) in [5.41, 5.74) is 1.96. The third kappa shape index (κ3) is 6.28. The Hall–Kier alpha value is -2.31. The zero-order chi connectivity index (χ0) is 27.3. The minimum atomic E-state index is -3.62. The maximum atomic E-state index is 13.6. The van der Waals surface area contributed by atoms with E-state index in [9.17, 15) is 18.0 Å². The van der Waals surface area contributed by atoms with E-state index in [4.69, 9.17) is 4.74 Å². The van der Waals surface area contributed by atoms with Gasteiger partial charge in [-0.25, -0.2) is 12.7 Å². The van der Waals surface area contributed by atoms with Crippen molar-refractivity contribution in [3.8, 4) is 0 Å². The predicted octanol–water partition coefficient (Wildman–Crippen LogP) is 3.66. The van der Waals surface area contributed by atoms with Gasteiger partial charge in [-0.1, -0.05) is 20.3 Å². The third-order valence-corrected chi connectivity index (χ3v) is 10.1. The minimum absolute atomic E-state index is 0.0680. The van der Waals surface area contributed by atoms with Gasteiger partial charge in [0.1, 0.15) is 5.00 Å². The highest BCUT2D eigenvalue weighted by Crippen LogP contribution is 2.38. The third-order valence-electron chi connectivity index (χ3n) is 7.07. The number of unbranched alkanes of at least 4 members (excludes halogenated alkanes) is 1. The number of benzene rings is 1. The van der Waals surface area contributed by atoms with Gasteiger partial charge in [0.2, 0.25) is 10.0 Å². The maximum Gasteiger partial charge on any atom is 0.257 e. The number of thiophene rings is 1. The van der Waals surface area contributed by atoms with Crippen molar-refractivity contribution >= 4 is 38.2 Å². The number of morpholine rings is 1. The monoisotopic (exact) mass is 562 g/mol. The van der Waals surface area contributed by atoms with E-state index in [2.05, 4.69) is 17.1 Å². The number of amides is 2. The molecule has 0 bridgehead atoms. The molecule has 0 saturated carbocycles. The Labute approximate surface area is 229 Å². The highest BCUT2D eigenvalue weighted by molar-refractivity contribution is 7.89. The predicted molar refractivity (Wildman–Crippen MR) is 149 cm³/mol. The number of carbonyl (C=O) groups excluding carboxylic acids is 2. The van der Waals surface area contributed by atoms with Crippen LogP contribution in [-0.4, -0.2) is 87.3 Å². The maximum absolute atomic E-state index is 13.6. The number of anilines is 1. The van der Waals surface area contributed by atoms with E-state index < -0.39 is 10.0 Å². The first kappa shape index (κ1) is 28.7. The Morgan fingerprint density at radius 1 is 1.08 bits per heavy atom. The van der Waals surface area contributed by atoms with Crippen LogP contribution in [0.5, 0.6) is 0 Å². The second kappa shape index (κ2) is 12.7. The average molecular weight is 563 g/mol. The second-order valence-corrected chi connectivity index (χ2v) is 12.9. The molecule has 2 aliphatic rings. The minimum Gasteiger partial charge on any atom is -0.378 e. The van der Waals surface area contributed by atoms with Gasteiger partial charge in [0.25, 0.3) is 11.8 Å². The van der Waals surface area contributed by atoms with E-state index in [1.807, 2.05) is 6.92 Å². The SMILES string of the molecule is CCCCN(C)S(=O)(=O)c1ccc(C(=O)Nc2sc3c(c2C(=O)N2CCOCC2)CCN(CCC)C3)cc1. The molecular weight excluding hydrogens is 524 g/mol. The summed E-state index contributed by atoms with van der Waals surface area (Å²) < 4.78 is 32.4. The molecule has 1 fully saturated rings. The Balaban J connectivity index is 1.57. The second-order valence-electron chi connectivity index (χ2n) is 9.80. The number of hydrogen-bond donors (Lipinski definition) is 1. The fourth-order valence-electron chi connectivity index (χ4n) is 4.84. The standard InChI is InChI=1S/C27H38N4O5S2/c1-4-6-13-29(3)38(34,35)21-9-7-20(8-10-21)25(32)28-26-24(27(33)31-15-17-36-18-16-31)22-11-14-30(12-5-2)19-23(22)37-26/h7-10H,4-6,11-19H2,1-3H3,(H,28,32). The van der Waals surface area contributed by atoms with E-state index in [0.29, 0.717) is 49.0 Å². The Bertz CT molecular complexity index is 1240. The highest BCUT2D eigenvalue weighted by atomic mass is 32.2. The molecule has 2 aliphatic heterocycles. The molecule has 208 valence electrons. The molecule has 0 aliphatic carbocycles. The molecular formula is C27H38N4O5S2. The van der Waals surface area contributed by atoms with E-state index in [1.165, 1.54) is 39.9 Å². The molecule has 1 N–H and O–H groups in total. The summed E-state index contributed by atoms with van der Waals surface area (Å²) in [6.45, 7) is 9.33. The molecule has 0 spiro atoms. The molecule has 1 aromatic heterocycles. The van der Waals surface area contributed by atoms with Gasteiger partial charge in [-0.3, -0.25) is 14.5 Å². The molecule has 2 aromatic rings. The molecule has 0 unspecified atom stereocenters. The van der Waals surface area contributed by atoms with Crippen LogP contribution in [0.25, 0.3) is 0 Å². The lowest BCUT2D eigenvalue weighted by Crippen LogP contribution is -2.41. The van der Waals surface area contributed by atoms with Crippen molar-refractivity contribution in [2.24, 2.45) is 0 Å². The number of nitrogens with one attached hydrogen (secondary N) is 1. The summed E-state index contributed by atoms with van der Waals surface area (Å²) in [6.07, 6.45) is 3.51. The van der Waals surface area contributed by atoms with Gasteiger partial charge >= 0.3 is 0 Å². The molecule has 9 nitrogen and oxygen atoms in total. The molecule has 38 heavy (non-hydrogen) atoms. The first-order chi connectivity index (χ1) is 18.3. The van der Waals surface area contributed by atoms with Crippen molar-refractivity contribution in [1.82, 2.24) is 14.1 Å². The van der Waals surface area contributed by atoms with Crippen molar-refractivity contribution in [1.29, 1.82) is 0 Å². The van der Waals surface area contributed by atoms with Crippen LogP contribution in [0.2, 0.25) is 0 Å². The number of ether oxygens (including phenoxy) is 1. The van der Waals surface area contributed by atoms with Crippen LogP contribution in [0.4, 0.5) is 5.00 Å². The smallest absolute Gasteiger partial charge is 0.257 e. The number of nitrogens with zero attached hydrogens (tertiary/aromatic N) is 3. The lowest BCUT2D eigenvalue weighted by Gasteiger charge is -2.29. The van der Waals surface area contributed by atoms with E-state index >= 15 is 0 Å². The quantitative estimate of drug-likeness (QED) is 0.475. The van der Waals surface area contributed by atoms with Crippen LogP contribution in [-0.2, 0) is 27.7 Å². The lowest BCUT2D eigenvalue weighted by molar-refractivity contribution is 0.0302. The molecule has 2 amide bonds. The van der Waals surface area contributed by atoms with Gasteiger partial charge in [-0.2, -0.15) is 0 Å². The molecule has 1 saturated heterocycles. The zero-order valence-corrected chi connectivity index (χ0v) is 24.1. The molecule has 11 heteroatoms. The van der Waals surface area contributed by atoms with Gasteiger partial charge in [0, 0.05) is 50.2 Å². The first-order valence-corrected chi connectivity index (χ1v) is 15.6. The Kier molecular flexibility index (Phi) is 9.59. The van der Waals surface area contributed by atoms with E-state index in [0.717, 1.165) is 55.8 Å². The summed E-state index contributed by atoms with van der Waals surface area (Å²) in [5.74, 6) is -0.435. The van der Waals surface area contributed by atoms with Crippen molar-refractivity contribution < 1.29 is 22.7 Å². The summed E-state index contributed by atoms with van der Waals surface area (Å²) in [7, 11) is -2.05. The fourth-order valence-corrected chi connectivity index (χ4v) is 7.32. The van der Waals surface area contributed by atoms with Gasteiger partial charge in [-0.15, -0.1) is 11.3 Å². The van der Waals surface area contributed by atoms with Crippen LogP contribution in [0.1, 0.15) is 64.3 Å². The zero-order valence-electron chi connectivity index (χ0n) is 22.5. The number of hydrogen-bond acceptors (Lipinski definition) is 7. The topological polar surface area (TPSA) is 99.3 Å². The molecule has 3 heterocycles. The first-order valence-electron chi connectivity index (χ1n) is 13.4. The van der Waals surface area contributed by atoms with Gasteiger partial charge in [-0.05, 0) is 55.6 Å². The number of rotatable bonds is 10. The molecule has 0 radical (unpaired) electrons. The largest absolute Gasteiger partial charge is 0.378 e. The number of sulfonamides is 1.